The van der Waals surface area contributed by atoms with Crippen LogP contribution in [-0.2, 0) is 0 Å². The fraction of sp³-hybridized carbons (Fsp3) is 1.00. The van der Waals surface area contributed by atoms with E-state index in [4.69, 9.17) is 5.73 Å². The van der Waals surface area contributed by atoms with E-state index in [0.717, 1.165) is 38.5 Å². The van der Waals surface area contributed by atoms with Crippen LogP contribution in [0, 0.1) is 11.8 Å². The van der Waals surface area contributed by atoms with Gasteiger partial charge in [0.2, 0.25) is 6.43 Å². The molecule has 2 aliphatic rings. The average molecular weight is 231 g/mol. The zero-order chi connectivity index (χ0) is 11.6. The van der Waals surface area contributed by atoms with Gasteiger partial charge in [0, 0.05) is 11.5 Å². The summed E-state index contributed by atoms with van der Waals surface area (Å²) in [5.74, 6) is -0.214. The van der Waals surface area contributed by atoms with E-state index in [9.17, 15) is 8.78 Å². The molecule has 1 atom stereocenters. The van der Waals surface area contributed by atoms with Gasteiger partial charge in [0.15, 0.2) is 0 Å². The summed E-state index contributed by atoms with van der Waals surface area (Å²) in [4.78, 5) is 0. The van der Waals surface area contributed by atoms with Crippen molar-refractivity contribution in [2.45, 2.75) is 69.8 Å². The van der Waals surface area contributed by atoms with E-state index in [1.807, 2.05) is 0 Å². The predicted molar refractivity (Wildman–Crippen MR) is 61.5 cm³/mol. The van der Waals surface area contributed by atoms with Crippen molar-refractivity contribution in [2.75, 3.05) is 0 Å². The number of hydrogen-bond acceptors (Lipinski definition) is 1. The summed E-state index contributed by atoms with van der Waals surface area (Å²) in [6.07, 6.45) is 6.96. The molecule has 16 heavy (non-hydrogen) atoms. The van der Waals surface area contributed by atoms with E-state index in [-0.39, 0.29) is 11.5 Å². The highest BCUT2D eigenvalue weighted by atomic mass is 19.3. The first kappa shape index (κ1) is 12.3. The van der Waals surface area contributed by atoms with Crippen molar-refractivity contribution in [3.05, 3.63) is 0 Å². The first-order valence-corrected chi connectivity index (χ1v) is 6.68. The van der Waals surface area contributed by atoms with Crippen molar-refractivity contribution in [1.82, 2.24) is 0 Å². The minimum atomic E-state index is -2.18. The number of rotatable bonds is 4. The van der Waals surface area contributed by atoms with Gasteiger partial charge in [-0.25, -0.2) is 8.78 Å². The molecule has 0 aromatic carbocycles. The van der Waals surface area contributed by atoms with E-state index in [1.165, 1.54) is 12.8 Å². The van der Waals surface area contributed by atoms with Crippen LogP contribution in [0.5, 0.6) is 0 Å². The molecule has 2 rings (SSSR count). The maximum absolute atomic E-state index is 13.1. The first-order chi connectivity index (χ1) is 7.61. The second-order valence-electron chi connectivity index (χ2n) is 5.82. The SMILES string of the molecule is NC1(CC(C(F)F)C2CCCCCC2)CC1. The predicted octanol–water partition coefficient (Wildman–Crippen LogP) is 3.72. The zero-order valence-corrected chi connectivity index (χ0v) is 9.93. The van der Waals surface area contributed by atoms with Gasteiger partial charge in [-0.15, -0.1) is 0 Å². The summed E-state index contributed by atoms with van der Waals surface area (Å²) in [6, 6.07) is 0. The summed E-state index contributed by atoms with van der Waals surface area (Å²) < 4.78 is 26.2. The Labute approximate surface area is 96.8 Å². The molecule has 0 bridgehead atoms. The largest absolute Gasteiger partial charge is 0.325 e. The Morgan fingerprint density at radius 1 is 1.06 bits per heavy atom. The smallest absolute Gasteiger partial charge is 0.241 e. The third-order valence-corrected chi connectivity index (χ3v) is 4.36. The molecule has 0 saturated heterocycles. The van der Waals surface area contributed by atoms with E-state index in [2.05, 4.69) is 0 Å². The highest BCUT2D eigenvalue weighted by Crippen LogP contribution is 2.44. The molecule has 0 spiro atoms. The van der Waals surface area contributed by atoms with Gasteiger partial charge in [-0.3, -0.25) is 0 Å². The summed E-state index contributed by atoms with van der Waals surface area (Å²) in [5.41, 5.74) is 5.77. The maximum atomic E-state index is 13.1. The van der Waals surface area contributed by atoms with E-state index in [1.54, 1.807) is 0 Å². The van der Waals surface area contributed by atoms with Gasteiger partial charge in [0.1, 0.15) is 0 Å². The van der Waals surface area contributed by atoms with Crippen LogP contribution in [0.2, 0.25) is 0 Å². The van der Waals surface area contributed by atoms with Gasteiger partial charge in [0.05, 0.1) is 0 Å². The third kappa shape index (κ3) is 3.16. The fourth-order valence-corrected chi connectivity index (χ4v) is 3.03. The van der Waals surface area contributed by atoms with Gasteiger partial charge in [-0.1, -0.05) is 25.7 Å². The van der Waals surface area contributed by atoms with Crippen LogP contribution in [0.25, 0.3) is 0 Å². The molecule has 1 nitrogen and oxygen atoms in total. The molecule has 0 aromatic heterocycles. The molecule has 2 saturated carbocycles. The van der Waals surface area contributed by atoms with Crippen LogP contribution in [0.15, 0.2) is 0 Å². The van der Waals surface area contributed by atoms with Crippen LogP contribution >= 0.6 is 0 Å². The molecule has 0 heterocycles. The lowest BCUT2D eigenvalue weighted by Gasteiger charge is -2.27. The molecule has 2 fully saturated rings. The minimum Gasteiger partial charge on any atom is -0.325 e. The molecule has 0 amide bonds. The topological polar surface area (TPSA) is 26.0 Å². The van der Waals surface area contributed by atoms with Crippen LogP contribution in [-0.4, -0.2) is 12.0 Å². The average Bonchev–Trinajstić information content (AvgIpc) is 2.99. The summed E-state index contributed by atoms with van der Waals surface area (Å²) in [5, 5.41) is 0. The molecular weight excluding hydrogens is 208 g/mol. The Hall–Kier alpha value is -0.180. The van der Waals surface area contributed by atoms with Crippen molar-refractivity contribution in [3.8, 4) is 0 Å². The maximum Gasteiger partial charge on any atom is 0.241 e. The first-order valence-electron chi connectivity index (χ1n) is 6.68. The van der Waals surface area contributed by atoms with Gasteiger partial charge in [-0.05, 0) is 38.0 Å². The van der Waals surface area contributed by atoms with E-state index < -0.39 is 12.3 Å². The fourth-order valence-electron chi connectivity index (χ4n) is 3.03. The Morgan fingerprint density at radius 2 is 1.62 bits per heavy atom. The van der Waals surface area contributed by atoms with Crippen molar-refractivity contribution in [3.63, 3.8) is 0 Å². The highest BCUT2D eigenvalue weighted by molar-refractivity contribution is 5.01. The number of hydrogen-bond donors (Lipinski definition) is 1. The lowest BCUT2D eigenvalue weighted by atomic mass is 9.81. The second kappa shape index (κ2) is 4.99. The summed E-state index contributed by atoms with van der Waals surface area (Å²) in [7, 11) is 0. The molecule has 0 aliphatic heterocycles. The van der Waals surface area contributed by atoms with E-state index >= 15 is 0 Å². The Balaban J connectivity index is 1.93. The lowest BCUT2D eigenvalue weighted by molar-refractivity contribution is 0.0277. The lowest BCUT2D eigenvalue weighted by Crippen LogP contribution is -2.32. The van der Waals surface area contributed by atoms with Gasteiger partial charge < -0.3 is 5.73 Å². The van der Waals surface area contributed by atoms with Crippen LogP contribution < -0.4 is 5.73 Å². The quantitative estimate of drug-likeness (QED) is 0.733. The molecular formula is C13H23F2N. The standard InChI is InChI=1S/C13H23F2N/c14-12(15)11(9-13(16)7-8-13)10-5-3-1-2-4-6-10/h10-12H,1-9,16H2. The van der Waals surface area contributed by atoms with Crippen molar-refractivity contribution < 1.29 is 8.78 Å². The number of alkyl halides is 2. The number of nitrogens with two attached hydrogens (primary N) is 1. The van der Waals surface area contributed by atoms with Gasteiger partial charge in [0.25, 0.3) is 0 Å². The number of halogens is 2. The molecule has 2 aliphatic carbocycles. The van der Waals surface area contributed by atoms with E-state index in [0.29, 0.717) is 6.42 Å². The Kier molecular flexibility index (Phi) is 3.83. The van der Waals surface area contributed by atoms with Crippen LogP contribution in [0.3, 0.4) is 0 Å². The monoisotopic (exact) mass is 231 g/mol. The normalized spacial score (nSPS) is 27.8. The van der Waals surface area contributed by atoms with Crippen LogP contribution in [0.4, 0.5) is 8.78 Å². The van der Waals surface area contributed by atoms with Crippen molar-refractivity contribution >= 4 is 0 Å². The molecule has 0 aromatic rings. The van der Waals surface area contributed by atoms with Crippen LogP contribution in [0.1, 0.15) is 57.8 Å². The minimum absolute atomic E-state index is 0.225. The molecule has 1 unspecified atom stereocenters. The van der Waals surface area contributed by atoms with Gasteiger partial charge in [-0.2, -0.15) is 0 Å². The Bertz CT molecular complexity index is 218. The van der Waals surface area contributed by atoms with Gasteiger partial charge >= 0.3 is 0 Å². The zero-order valence-electron chi connectivity index (χ0n) is 9.93. The highest BCUT2D eigenvalue weighted by Gasteiger charge is 2.44. The molecule has 0 radical (unpaired) electrons. The molecule has 2 N–H and O–H groups in total. The third-order valence-electron chi connectivity index (χ3n) is 4.36. The Morgan fingerprint density at radius 3 is 2.06 bits per heavy atom. The van der Waals surface area contributed by atoms with Crippen molar-refractivity contribution in [1.29, 1.82) is 0 Å². The summed E-state index contributed by atoms with van der Waals surface area (Å²) >= 11 is 0. The molecule has 3 heteroatoms. The van der Waals surface area contributed by atoms with Crippen molar-refractivity contribution in [2.24, 2.45) is 17.6 Å². The molecule has 94 valence electrons. The second-order valence-corrected chi connectivity index (χ2v) is 5.82. The summed E-state index contributed by atoms with van der Waals surface area (Å²) in [6.45, 7) is 0.